The molecule has 25 heavy (non-hydrogen) atoms. The van der Waals surface area contributed by atoms with E-state index < -0.39 is 0 Å². The Morgan fingerprint density at radius 1 is 1.04 bits per heavy atom. The molecule has 1 unspecified atom stereocenters. The van der Waals surface area contributed by atoms with Gasteiger partial charge in [-0.3, -0.25) is 0 Å². The van der Waals surface area contributed by atoms with Crippen LogP contribution in [0.1, 0.15) is 59.4 Å². The van der Waals surface area contributed by atoms with Crippen LogP contribution >= 0.6 is 0 Å². The topological polar surface area (TPSA) is 0 Å². The number of aryl methyl sites for hydroxylation is 1. The summed E-state index contributed by atoms with van der Waals surface area (Å²) < 4.78 is 0. The highest BCUT2D eigenvalue weighted by molar-refractivity contribution is 5.90. The minimum atomic E-state index is 0.662. The van der Waals surface area contributed by atoms with Crippen LogP contribution in [0.15, 0.2) is 60.7 Å². The van der Waals surface area contributed by atoms with Crippen molar-refractivity contribution < 1.29 is 0 Å². The van der Waals surface area contributed by atoms with Crippen LogP contribution in [0.5, 0.6) is 0 Å². The second-order valence-corrected chi connectivity index (χ2v) is 7.84. The highest BCUT2D eigenvalue weighted by Gasteiger charge is 2.28. The van der Waals surface area contributed by atoms with Crippen molar-refractivity contribution in [3.8, 4) is 0 Å². The van der Waals surface area contributed by atoms with Gasteiger partial charge in [-0.2, -0.15) is 0 Å². The predicted octanol–water partition coefficient (Wildman–Crippen LogP) is 6.78. The van der Waals surface area contributed by atoms with Crippen LogP contribution < -0.4 is 0 Å². The largest absolute Gasteiger partial charge is 0.0764 e. The molecule has 0 N–H and O–H groups in total. The normalized spacial score (nSPS) is 21.2. The molecule has 1 saturated carbocycles. The third-order valence-corrected chi connectivity index (χ3v) is 5.98. The van der Waals surface area contributed by atoms with Gasteiger partial charge in [-0.25, -0.2) is 0 Å². The highest BCUT2D eigenvalue weighted by atomic mass is 14.3. The maximum atomic E-state index is 2.42. The molecule has 0 aliphatic heterocycles. The predicted molar refractivity (Wildman–Crippen MR) is 107 cm³/mol. The molecule has 0 amide bonds. The van der Waals surface area contributed by atoms with Crippen LogP contribution in [0, 0.1) is 12.8 Å². The number of benzene rings is 2. The summed E-state index contributed by atoms with van der Waals surface area (Å²) in [7, 11) is 0. The number of hydrogen-bond donors (Lipinski definition) is 0. The zero-order chi connectivity index (χ0) is 16.8. The zero-order valence-electron chi connectivity index (χ0n) is 14.8. The Morgan fingerprint density at radius 2 is 1.92 bits per heavy atom. The molecule has 0 aromatic heterocycles. The van der Waals surface area contributed by atoms with Gasteiger partial charge >= 0.3 is 0 Å². The van der Waals surface area contributed by atoms with E-state index in [9.17, 15) is 0 Å². The van der Waals surface area contributed by atoms with Crippen molar-refractivity contribution in [2.45, 2.75) is 38.5 Å². The lowest BCUT2D eigenvalue weighted by molar-refractivity contribution is 0.669. The molecule has 0 nitrogen and oxygen atoms in total. The molecular formula is C25H24. The molecule has 1 fully saturated rings. The van der Waals surface area contributed by atoms with E-state index in [0.717, 1.165) is 12.3 Å². The Bertz CT molecular complexity index is 919. The van der Waals surface area contributed by atoms with Crippen molar-refractivity contribution in [3.63, 3.8) is 0 Å². The van der Waals surface area contributed by atoms with E-state index in [2.05, 4.69) is 73.7 Å². The minimum absolute atomic E-state index is 0.662. The quantitative estimate of drug-likeness (QED) is 0.581. The van der Waals surface area contributed by atoms with E-state index in [1.807, 2.05) is 0 Å². The van der Waals surface area contributed by atoms with Crippen molar-refractivity contribution >= 4 is 17.2 Å². The van der Waals surface area contributed by atoms with Crippen molar-refractivity contribution in [2.24, 2.45) is 5.92 Å². The van der Waals surface area contributed by atoms with E-state index in [1.165, 1.54) is 52.7 Å². The van der Waals surface area contributed by atoms with Gasteiger partial charge in [-0.05, 0) is 70.7 Å². The molecule has 0 radical (unpaired) electrons. The molecule has 2 aromatic rings. The van der Waals surface area contributed by atoms with Crippen molar-refractivity contribution in [1.29, 1.82) is 0 Å². The average Bonchev–Trinajstić information content (AvgIpc) is 3.16. The molecule has 1 atom stereocenters. The fraction of sp³-hybridized carbons (Fsp3) is 0.280. The molecule has 5 rings (SSSR count). The summed E-state index contributed by atoms with van der Waals surface area (Å²) in [6.07, 6.45) is 14.8. The van der Waals surface area contributed by atoms with Gasteiger partial charge in [0.2, 0.25) is 0 Å². The third-order valence-electron chi connectivity index (χ3n) is 5.98. The maximum absolute atomic E-state index is 2.42. The SMILES string of the molecule is Cc1ccccc1C1=CCC(c2ccc3c(c2)C=CC3CC2CC2)=C1. The lowest BCUT2D eigenvalue weighted by Crippen LogP contribution is -1.95. The van der Waals surface area contributed by atoms with Crippen molar-refractivity contribution in [2.75, 3.05) is 0 Å². The molecule has 3 aliphatic rings. The zero-order valence-corrected chi connectivity index (χ0v) is 14.8. The first kappa shape index (κ1) is 15.0. The van der Waals surface area contributed by atoms with E-state index in [4.69, 9.17) is 0 Å². The van der Waals surface area contributed by atoms with Crippen LogP contribution in [0.2, 0.25) is 0 Å². The van der Waals surface area contributed by atoms with Crippen LogP contribution in [0.25, 0.3) is 17.2 Å². The molecule has 2 aromatic carbocycles. The summed E-state index contributed by atoms with van der Waals surface area (Å²) >= 11 is 0. The summed E-state index contributed by atoms with van der Waals surface area (Å²) in [6.45, 7) is 2.20. The average molecular weight is 324 g/mol. The van der Waals surface area contributed by atoms with Crippen LogP contribution in [-0.2, 0) is 0 Å². The Hall–Kier alpha value is -2.34. The van der Waals surface area contributed by atoms with Gasteiger partial charge in [-0.1, -0.05) is 73.5 Å². The highest BCUT2D eigenvalue weighted by Crippen LogP contribution is 2.43. The van der Waals surface area contributed by atoms with Gasteiger partial charge in [-0.15, -0.1) is 0 Å². The van der Waals surface area contributed by atoms with Gasteiger partial charge < -0.3 is 0 Å². The molecule has 3 aliphatic carbocycles. The number of rotatable bonds is 4. The first-order valence-corrected chi connectivity index (χ1v) is 9.57. The Kier molecular flexibility index (Phi) is 3.52. The summed E-state index contributed by atoms with van der Waals surface area (Å²) in [6, 6.07) is 15.8. The fourth-order valence-corrected chi connectivity index (χ4v) is 4.31. The molecule has 0 spiro atoms. The number of hydrogen-bond acceptors (Lipinski definition) is 0. The number of fused-ring (bicyclic) bond motifs is 1. The fourth-order valence-electron chi connectivity index (χ4n) is 4.31. The molecule has 0 saturated heterocycles. The molecule has 0 bridgehead atoms. The molecule has 0 heterocycles. The van der Waals surface area contributed by atoms with Crippen LogP contribution in [-0.4, -0.2) is 0 Å². The summed E-state index contributed by atoms with van der Waals surface area (Å²) in [5.74, 6) is 1.65. The Morgan fingerprint density at radius 3 is 2.76 bits per heavy atom. The summed E-state index contributed by atoms with van der Waals surface area (Å²) in [4.78, 5) is 0. The smallest absolute Gasteiger partial charge is 0.00298 e. The van der Waals surface area contributed by atoms with E-state index >= 15 is 0 Å². The Labute approximate surface area is 150 Å². The lowest BCUT2D eigenvalue weighted by Gasteiger charge is -2.12. The van der Waals surface area contributed by atoms with E-state index in [1.54, 1.807) is 5.56 Å². The van der Waals surface area contributed by atoms with Crippen molar-refractivity contribution in [3.05, 3.63) is 88.5 Å². The molecular weight excluding hydrogens is 300 g/mol. The van der Waals surface area contributed by atoms with Crippen LogP contribution in [0.4, 0.5) is 0 Å². The summed E-state index contributed by atoms with van der Waals surface area (Å²) in [5.41, 5.74) is 9.90. The van der Waals surface area contributed by atoms with E-state index in [0.29, 0.717) is 5.92 Å². The van der Waals surface area contributed by atoms with E-state index in [-0.39, 0.29) is 0 Å². The third kappa shape index (κ3) is 2.80. The van der Waals surface area contributed by atoms with Gasteiger partial charge in [0, 0.05) is 5.92 Å². The first-order valence-electron chi connectivity index (χ1n) is 9.57. The number of allylic oxidation sites excluding steroid dienone is 5. The Balaban J connectivity index is 1.41. The summed E-state index contributed by atoms with van der Waals surface area (Å²) in [5, 5.41) is 0. The molecule has 0 heteroatoms. The maximum Gasteiger partial charge on any atom is 0.00298 e. The van der Waals surface area contributed by atoms with Gasteiger partial charge in [0.05, 0.1) is 0 Å². The minimum Gasteiger partial charge on any atom is -0.0764 e. The standard InChI is InChI=1S/C25H24/c1-17-4-2-3-5-24(17)22-9-8-19(15-22)20-12-13-25-21(14-18-6-7-18)10-11-23(25)16-20/h2-5,9-13,15-16,18,21H,6-8,14H2,1H3. The van der Waals surface area contributed by atoms with Gasteiger partial charge in [0.25, 0.3) is 0 Å². The van der Waals surface area contributed by atoms with Crippen LogP contribution in [0.3, 0.4) is 0 Å². The van der Waals surface area contributed by atoms with Crippen molar-refractivity contribution in [1.82, 2.24) is 0 Å². The second kappa shape index (κ2) is 5.88. The van der Waals surface area contributed by atoms with Gasteiger partial charge in [0.1, 0.15) is 0 Å². The lowest BCUT2D eigenvalue weighted by atomic mass is 9.92. The molecule has 124 valence electrons. The first-order chi connectivity index (χ1) is 12.3. The second-order valence-electron chi connectivity index (χ2n) is 7.84. The van der Waals surface area contributed by atoms with Gasteiger partial charge in [0.15, 0.2) is 0 Å². The monoisotopic (exact) mass is 324 g/mol.